The summed E-state index contributed by atoms with van der Waals surface area (Å²) in [6.45, 7) is 7.47. The maximum absolute atomic E-state index is 12.5. The van der Waals surface area contributed by atoms with Crippen LogP contribution in [-0.4, -0.2) is 59.6 Å². The molecule has 2 heterocycles. The van der Waals surface area contributed by atoms with Gasteiger partial charge in [0.05, 0.1) is 6.61 Å². The summed E-state index contributed by atoms with van der Waals surface area (Å²) >= 11 is 0. The highest BCUT2D eigenvalue weighted by atomic mass is 16.6. The third kappa shape index (κ3) is 4.23. The van der Waals surface area contributed by atoms with Crippen molar-refractivity contribution in [3.8, 4) is 6.07 Å². The van der Waals surface area contributed by atoms with Gasteiger partial charge in [-0.15, -0.1) is 0 Å². The molecule has 1 aromatic rings. The molecule has 26 heavy (non-hydrogen) atoms. The lowest BCUT2D eigenvalue weighted by atomic mass is 9.99. The molecule has 8 nitrogen and oxygen atoms in total. The summed E-state index contributed by atoms with van der Waals surface area (Å²) in [4.78, 5) is 41.9. The number of aromatic nitrogens is 1. The predicted octanol–water partition coefficient (Wildman–Crippen LogP) is 1.10. The number of carbonyl (C=O) groups is 2. The second-order valence-corrected chi connectivity index (χ2v) is 6.24. The van der Waals surface area contributed by atoms with E-state index in [-0.39, 0.29) is 24.0 Å². The van der Waals surface area contributed by atoms with E-state index in [1.165, 1.54) is 0 Å². The Morgan fingerprint density at radius 2 is 1.81 bits per heavy atom. The van der Waals surface area contributed by atoms with Crippen LogP contribution in [0.5, 0.6) is 0 Å². The molecule has 140 valence electrons. The lowest BCUT2D eigenvalue weighted by Crippen LogP contribution is -2.50. The van der Waals surface area contributed by atoms with E-state index in [0.717, 1.165) is 5.56 Å². The van der Waals surface area contributed by atoms with Crippen LogP contribution >= 0.6 is 0 Å². The summed E-state index contributed by atoms with van der Waals surface area (Å²) in [5.41, 5.74) is 1.86. The Morgan fingerprint density at radius 3 is 2.38 bits per heavy atom. The summed E-state index contributed by atoms with van der Waals surface area (Å²) in [6.07, 6.45) is 0.404. The number of pyridine rings is 1. The highest BCUT2D eigenvalue weighted by Gasteiger charge is 2.25. The van der Waals surface area contributed by atoms with Gasteiger partial charge >= 0.3 is 6.09 Å². The molecule has 0 unspecified atom stereocenters. The number of nitriles is 1. The van der Waals surface area contributed by atoms with E-state index in [4.69, 9.17) is 10.00 Å². The number of aryl methyl sites for hydroxylation is 1. The van der Waals surface area contributed by atoms with Gasteiger partial charge in [0.15, 0.2) is 0 Å². The van der Waals surface area contributed by atoms with Crippen LogP contribution in [0.15, 0.2) is 4.79 Å². The number of nitrogens with one attached hydrogen (secondary N) is 1. The molecule has 0 radical (unpaired) electrons. The molecule has 1 saturated heterocycles. The molecule has 0 bridgehead atoms. The van der Waals surface area contributed by atoms with Crippen LogP contribution in [0.2, 0.25) is 0 Å². The number of H-pyrrole nitrogens is 1. The van der Waals surface area contributed by atoms with Gasteiger partial charge in [0.2, 0.25) is 5.91 Å². The van der Waals surface area contributed by atoms with Crippen molar-refractivity contribution in [1.29, 1.82) is 5.26 Å². The standard InChI is InChI=1S/C18H24N4O4/c1-4-26-18(25)22-9-7-21(8-10-22)16(23)6-5-14-12(2)15(11-19)17(24)20-13(14)3/h4-10H2,1-3H3,(H,20,24). The third-order valence-corrected chi connectivity index (χ3v) is 4.67. The van der Waals surface area contributed by atoms with Crippen LogP contribution in [0.4, 0.5) is 4.79 Å². The van der Waals surface area contributed by atoms with Crippen LogP contribution in [0.1, 0.15) is 35.7 Å². The Kier molecular flexibility index (Phi) is 6.39. The fourth-order valence-corrected chi connectivity index (χ4v) is 3.16. The molecule has 0 atom stereocenters. The average molecular weight is 360 g/mol. The molecular formula is C18H24N4O4. The highest BCUT2D eigenvalue weighted by molar-refractivity contribution is 5.77. The van der Waals surface area contributed by atoms with Crippen molar-refractivity contribution in [3.63, 3.8) is 0 Å². The summed E-state index contributed by atoms with van der Waals surface area (Å²) < 4.78 is 4.97. The Hall–Kier alpha value is -2.82. The number of rotatable bonds is 4. The van der Waals surface area contributed by atoms with E-state index in [1.54, 1.807) is 30.6 Å². The first-order chi connectivity index (χ1) is 12.4. The van der Waals surface area contributed by atoms with Crippen molar-refractivity contribution >= 4 is 12.0 Å². The zero-order chi connectivity index (χ0) is 19.3. The summed E-state index contributed by atoms with van der Waals surface area (Å²) in [5, 5.41) is 9.12. The summed E-state index contributed by atoms with van der Waals surface area (Å²) in [7, 11) is 0. The molecule has 1 aliphatic heterocycles. The summed E-state index contributed by atoms with van der Waals surface area (Å²) in [6, 6.07) is 1.92. The number of carbonyl (C=O) groups excluding carboxylic acids is 2. The van der Waals surface area contributed by atoms with Gasteiger partial charge in [-0.25, -0.2) is 4.79 Å². The van der Waals surface area contributed by atoms with E-state index in [1.807, 2.05) is 6.07 Å². The zero-order valence-corrected chi connectivity index (χ0v) is 15.4. The van der Waals surface area contributed by atoms with Gasteiger partial charge in [-0.3, -0.25) is 9.59 Å². The van der Waals surface area contributed by atoms with Crippen LogP contribution in [-0.2, 0) is 16.0 Å². The molecule has 0 saturated carbocycles. The maximum Gasteiger partial charge on any atom is 0.409 e. The largest absolute Gasteiger partial charge is 0.450 e. The van der Waals surface area contributed by atoms with Gasteiger partial charge in [0.25, 0.3) is 5.56 Å². The fourth-order valence-electron chi connectivity index (χ4n) is 3.16. The number of aromatic amines is 1. The van der Waals surface area contributed by atoms with Crippen molar-refractivity contribution in [2.24, 2.45) is 0 Å². The van der Waals surface area contributed by atoms with E-state index < -0.39 is 5.56 Å². The van der Waals surface area contributed by atoms with Gasteiger partial charge in [-0.05, 0) is 38.3 Å². The van der Waals surface area contributed by atoms with Crippen molar-refractivity contribution in [2.75, 3.05) is 32.8 Å². The maximum atomic E-state index is 12.5. The second-order valence-electron chi connectivity index (χ2n) is 6.24. The molecule has 2 amide bonds. The monoisotopic (exact) mass is 360 g/mol. The smallest absolute Gasteiger partial charge is 0.409 e. The predicted molar refractivity (Wildman–Crippen MR) is 94.7 cm³/mol. The molecule has 1 aliphatic rings. The van der Waals surface area contributed by atoms with Gasteiger partial charge < -0.3 is 19.5 Å². The Labute approximate surface area is 152 Å². The quantitative estimate of drug-likeness (QED) is 0.865. The first-order valence-electron chi connectivity index (χ1n) is 8.71. The number of nitrogens with zero attached hydrogens (tertiary/aromatic N) is 3. The molecule has 2 rings (SSSR count). The Balaban J connectivity index is 1.96. The lowest BCUT2D eigenvalue weighted by molar-refractivity contribution is -0.132. The number of hydrogen-bond acceptors (Lipinski definition) is 5. The Morgan fingerprint density at radius 1 is 1.19 bits per heavy atom. The minimum Gasteiger partial charge on any atom is -0.450 e. The molecule has 0 aliphatic carbocycles. The minimum absolute atomic E-state index is 0.00276. The van der Waals surface area contributed by atoms with Crippen LogP contribution in [0.3, 0.4) is 0 Å². The Bertz CT molecular complexity index is 786. The van der Waals surface area contributed by atoms with Crippen LogP contribution in [0, 0.1) is 25.2 Å². The van der Waals surface area contributed by atoms with Crippen molar-refractivity contribution in [2.45, 2.75) is 33.6 Å². The topological polar surface area (TPSA) is 106 Å². The lowest BCUT2D eigenvalue weighted by Gasteiger charge is -2.34. The number of piperazine rings is 1. The van der Waals surface area contributed by atoms with Gasteiger partial charge in [-0.1, -0.05) is 0 Å². The fraction of sp³-hybridized carbons (Fsp3) is 0.556. The first kappa shape index (κ1) is 19.5. The zero-order valence-electron chi connectivity index (χ0n) is 15.4. The second kappa shape index (κ2) is 8.52. The normalized spacial score (nSPS) is 14.1. The van der Waals surface area contributed by atoms with Gasteiger partial charge in [0, 0.05) is 38.3 Å². The van der Waals surface area contributed by atoms with Crippen LogP contribution < -0.4 is 5.56 Å². The molecule has 1 fully saturated rings. The van der Waals surface area contributed by atoms with Gasteiger partial charge in [0.1, 0.15) is 11.6 Å². The first-order valence-corrected chi connectivity index (χ1v) is 8.71. The summed E-state index contributed by atoms with van der Waals surface area (Å²) in [5.74, 6) is -0.00276. The molecule has 0 spiro atoms. The van der Waals surface area contributed by atoms with Gasteiger partial charge in [-0.2, -0.15) is 5.26 Å². The SMILES string of the molecule is CCOC(=O)N1CCN(C(=O)CCc2c(C)[nH]c(=O)c(C#N)c2C)CC1. The van der Waals surface area contributed by atoms with Crippen molar-refractivity contribution in [1.82, 2.24) is 14.8 Å². The van der Waals surface area contributed by atoms with E-state index >= 15 is 0 Å². The number of hydrogen-bond donors (Lipinski definition) is 1. The number of ether oxygens (including phenoxy) is 1. The third-order valence-electron chi connectivity index (χ3n) is 4.67. The van der Waals surface area contributed by atoms with Crippen LogP contribution in [0.25, 0.3) is 0 Å². The highest BCUT2D eigenvalue weighted by Crippen LogP contribution is 2.16. The molecule has 1 aromatic heterocycles. The number of amides is 2. The molecule has 0 aromatic carbocycles. The molecule has 8 heteroatoms. The van der Waals surface area contributed by atoms with E-state index in [0.29, 0.717) is 50.5 Å². The van der Waals surface area contributed by atoms with E-state index in [2.05, 4.69) is 4.98 Å². The minimum atomic E-state index is -0.396. The van der Waals surface area contributed by atoms with Crippen molar-refractivity contribution in [3.05, 3.63) is 32.7 Å². The molecule has 1 N–H and O–H groups in total. The molecular weight excluding hydrogens is 336 g/mol. The average Bonchev–Trinajstić information content (AvgIpc) is 2.61. The van der Waals surface area contributed by atoms with Crippen molar-refractivity contribution < 1.29 is 14.3 Å². The van der Waals surface area contributed by atoms with E-state index in [9.17, 15) is 14.4 Å².